The largest absolute Gasteiger partial charge is 1.00 e. The first-order valence-corrected chi connectivity index (χ1v) is 15.8. The van der Waals surface area contributed by atoms with E-state index < -0.39 is 71.2 Å². The minimum atomic E-state index is -5.19. The molecule has 10 nitrogen and oxygen atoms in total. The smallest absolute Gasteiger partial charge is 0.550 e. The maximum Gasteiger partial charge on any atom is 1.00 e. The maximum atomic E-state index is 14.4. The number of pyridine rings is 1. The molecule has 0 bridgehead atoms. The number of hydrogen-bond acceptors (Lipinski definition) is 10. The number of benzene rings is 2. The number of aliphatic hydroxyl groups is 1. The standard InChI is InChI=1S/C35H33F9N4O6.Na/c1-32(2,51)28-8-7-26(52-3)30(47-28)24-14-25(35(42,43)44)27(53-4)12-20(24)18-48(31-45-15-23(16-46-31)54-9-5-6-29(49)50)17-19-10-21(33(36,37)38)13-22(11-19)34(39,40)41;/h7-8,10-16,51H,5-6,9,17-18H2,1-4H3,(H,49,50);/q;+1/p-1. The SMILES string of the molecule is COc1cc(CN(Cc2cc(C(F)(F)F)cc(C(F)(F)F)c2)c2ncc(OCCCC(=O)[O-])cn2)c(-c2nc(C(C)(C)O)ccc2OC)cc1C(F)(F)F.[Na+]. The Morgan fingerprint density at radius 3 is 1.89 bits per heavy atom. The molecule has 0 saturated heterocycles. The number of carboxylic acids is 1. The van der Waals surface area contributed by atoms with E-state index in [4.69, 9.17) is 14.2 Å². The fourth-order valence-electron chi connectivity index (χ4n) is 5.20. The third-order valence-corrected chi connectivity index (χ3v) is 7.76. The Morgan fingerprint density at radius 2 is 1.40 bits per heavy atom. The van der Waals surface area contributed by atoms with Crippen LogP contribution in [0.2, 0.25) is 0 Å². The number of hydrogen-bond donors (Lipinski definition) is 1. The number of carbonyl (C=O) groups excluding carboxylic acids is 1. The molecule has 0 spiro atoms. The van der Waals surface area contributed by atoms with Crippen LogP contribution >= 0.6 is 0 Å². The van der Waals surface area contributed by atoms with Crippen molar-refractivity contribution in [2.45, 2.75) is 63.9 Å². The number of aromatic nitrogens is 3. The number of carboxylic acid groups (broad SMARTS) is 1. The Kier molecular flexibility index (Phi) is 14.5. The number of anilines is 1. The molecule has 0 aliphatic heterocycles. The van der Waals surface area contributed by atoms with E-state index in [2.05, 4.69) is 15.0 Å². The third kappa shape index (κ3) is 11.8. The molecule has 292 valence electrons. The monoisotopic (exact) mass is 798 g/mol. The van der Waals surface area contributed by atoms with Gasteiger partial charge in [0.1, 0.15) is 22.8 Å². The number of ether oxygens (including phenoxy) is 3. The van der Waals surface area contributed by atoms with Crippen LogP contribution in [0.4, 0.5) is 45.5 Å². The first kappa shape index (κ1) is 45.1. The Bertz CT molecular complexity index is 1920. The van der Waals surface area contributed by atoms with Gasteiger partial charge in [0.05, 0.1) is 55.6 Å². The summed E-state index contributed by atoms with van der Waals surface area (Å²) in [5, 5.41) is 21.4. The molecule has 55 heavy (non-hydrogen) atoms. The average Bonchev–Trinajstić information content (AvgIpc) is 3.07. The van der Waals surface area contributed by atoms with Gasteiger partial charge in [-0.3, -0.25) is 0 Å². The van der Waals surface area contributed by atoms with Crippen LogP contribution in [0, 0.1) is 0 Å². The topological polar surface area (TPSA) is 130 Å². The number of rotatable bonds is 14. The third-order valence-electron chi connectivity index (χ3n) is 7.76. The average molecular weight is 799 g/mol. The van der Waals surface area contributed by atoms with Crippen LogP contribution in [0.5, 0.6) is 17.2 Å². The van der Waals surface area contributed by atoms with E-state index in [9.17, 15) is 54.5 Å². The molecule has 4 aromatic rings. The summed E-state index contributed by atoms with van der Waals surface area (Å²) in [5.74, 6) is -2.33. The molecule has 0 fully saturated rings. The van der Waals surface area contributed by atoms with Crippen molar-refractivity contribution in [1.29, 1.82) is 0 Å². The Hall–Kier alpha value is -4.33. The molecule has 2 heterocycles. The minimum Gasteiger partial charge on any atom is -0.550 e. The van der Waals surface area contributed by atoms with Crippen molar-refractivity contribution in [3.63, 3.8) is 0 Å². The molecule has 2 aromatic heterocycles. The van der Waals surface area contributed by atoms with Crippen molar-refractivity contribution in [3.8, 4) is 28.5 Å². The molecule has 4 rings (SSSR count). The second-order valence-electron chi connectivity index (χ2n) is 12.3. The van der Waals surface area contributed by atoms with Crippen LogP contribution < -0.4 is 53.8 Å². The number of carbonyl (C=O) groups is 1. The second kappa shape index (κ2) is 17.6. The van der Waals surface area contributed by atoms with Gasteiger partial charge in [-0.15, -0.1) is 0 Å². The van der Waals surface area contributed by atoms with Gasteiger partial charge in [-0.1, -0.05) is 0 Å². The Morgan fingerprint density at radius 1 is 0.818 bits per heavy atom. The fourth-order valence-corrected chi connectivity index (χ4v) is 5.20. The zero-order valence-electron chi connectivity index (χ0n) is 29.9. The maximum absolute atomic E-state index is 14.4. The Balaban J connectivity index is 0.00000812. The number of aliphatic carboxylic acids is 1. The van der Waals surface area contributed by atoms with Gasteiger partial charge in [-0.2, -0.15) is 39.5 Å². The van der Waals surface area contributed by atoms with Gasteiger partial charge in [0.2, 0.25) is 5.95 Å². The molecule has 0 aliphatic rings. The van der Waals surface area contributed by atoms with Gasteiger partial charge < -0.3 is 34.1 Å². The molecule has 2 aromatic carbocycles. The van der Waals surface area contributed by atoms with E-state index in [0.29, 0.717) is 18.2 Å². The van der Waals surface area contributed by atoms with Crippen molar-refractivity contribution >= 4 is 11.9 Å². The molecule has 0 amide bonds. The van der Waals surface area contributed by atoms with Crippen molar-refractivity contribution in [1.82, 2.24) is 15.0 Å². The molecule has 1 N–H and O–H groups in total. The summed E-state index contributed by atoms with van der Waals surface area (Å²) < 4.78 is 142. The summed E-state index contributed by atoms with van der Waals surface area (Å²) in [6.45, 7) is 1.35. The summed E-state index contributed by atoms with van der Waals surface area (Å²) in [7, 11) is 2.18. The van der Waals surface area contributed by atoms with E-state index >= 15 is 0 Å². The van der Waals surface area contributed by atoms with Crippen molar-refractivity contribution < 1.29 is 98.3 Å². The van der Waals surface area contributed by atoms with Crippen molar-refractivity contribution in [2.24, 2.45) is 0 Å². The molecular weight excluding hydrogens is 766 g/mol. The number of methoxy groups -OCH3 is 2. The zero-order valence-corrected chi connectivity index (χ0v) is 31.9. The van der Waals surface area contributed by atoms with E-state index in [1.165, 1.54) is 33.1 Å². The van der Waals surface area contributed by atoms with Crippen LogP contribution in [0.1, 0.15) is 60.2 Å². The summed E-state index contributed by atoms with van der Waals surface area (Å²) in [4.78, 5) is 24.5. The first-order chi connectivity index (χ1) is 25.0. The van der Waals surface area contributed by atoms with Gasteiger partial charge >= 0.3 is 48.1 Å². The van der Waals surface area contributed by atoms with Crippen LogP contribution in [-0.2, 0) is 42.0 Å². The summed E-state index contributed by atoms with van der Waals surface area (Å²) in [5.41, 5.74) is -7.04. The quantitative estimate of drug-likeness (QED) is 0.114. The van der Waals surface area contributed by atoms with Crippen LogP contribution in [0.25, 0.3) is 11.3 Å². The van der Waals surface area contributed by atoms with Crippen LogP contribution in [0.3, 0.4) is 0 Å². The summed E-state index contributed by atoms with van der Waals surface area (Å²) in [6.07, 6.45) is -13.4. The van der Waals surface area contributed by atoms with Crippen LogP contribution in [-0.4, -0.2) is 46.9 Å². The minimum absolute atomic E-state index is 0. The van der Waals surface area contributed by atoms with Crippen molar-refractivity contribution in [2.75, 3.05) is 25.7 Å². The number of halogens is 9. The molecule has 0 unspecified atom stereocenters. The van der Waals surface area contributed by atoms with Gasteiger partial charge in [-0.25, -0.2) is 15.0 Å². The van der Waals surface area contributed by atoms with E-state index in [1.807, 2.05) is 0 Å². The molecule has 0 aliphatic carbocycles. The van der Waals surface area contributed by atoms with E-state index in [1.54, 1.807) is 0 Å². The predicted octanol–water partition coefficient (Wildman–Crippen LogP) is 3.96. The van der Waals surface area contributed by atoms with E-state index in [-0.39, 0.29) is 95.0 Å². The Labute approximate surface area is 330 Å². The second-order valence-corrected chi connectivity index (χ2v) is 12.3. The number of alkyl halides is 9. The summed E-state index contributed by atoms with van der Waals surface area (Å²) in [6, 6.07) is 5.33. The van der Waals surface area contributed by atoms with Crippen molar-refractivity contribution in [3.05, 3.63) is 88.4 Å². The van der Waals surface area contributed by atoms with Gasteiger partial charge in [0.25, 0.3) is 0 Å². The molecule has 0 atom stereocenters. The van der Waals surface area contributed by atoms with Crippen LogP contribution in [0.15, 0.2) is 54.9 Å². The predicted molar refractivity (Wildman–Crippen MR) is 171 cm³/mol. The molecule has 0 saturated carbocycles. The summed E-state index contributed by atoms with van der Waals surface area (Å²) >= 11 is 0. The van der Waals surface area contributed by atoms with Gasteiger partial charge in [0, 0.05) is 24.6 Å². The number of nitrogens with zero attached hydrogens (tertiary/aromatic N) is 4. The zero-order chi connectivity index (χ0) is 40.2. The first-order valence-electron chi connectivity index (χ1n) is 15.8. The molecule has 0 radical (unpaired) electrons. The molecule has 20 heteroatoms. The molecular formula is C35H32F9N4NaO6. The fraction of sp³-hybridized carbons (Fsp3) is 0.371. The van der Waals surface area contributed by atoms with E-state index in [0.717, 1.165) is 30.5 Å². The van der Waals surface area contributed by atoms with Gasteiger partial charge in [-0.05, 0) is 80.3 Å². The normalized spacial score (nSPS) is 12.2. The van der Waals surface area contributed by atoms with Gasteiger partial charge in [0.15, 0.2) is 5.75 Å².